The molecule has 0 aliphatic carbocycles. The van der Waals surface area contributed by atoms with Gasteiger partial charge in [0, 0.05) is 18.6 Å². The second kappa shape index (κ2) is 3.96. The van der Waals surface area contributed by atoms with Crippen molar-refractivity contribution in [1.29, 1.82) is 0 Å². The molecule has 0 saturated carbocycles. The topological polar surface area (TPSA) is 30.2 Å². The van der Waals surface area contributed by atoms with E-state index in [9.17, 15) is 4.79 Å². The standard InChI is InChI=1S/C9H12O2/c1-2-3-4-9-7-8(10)5-6-11-9/h5-7H,2-4H2,1H3. The number of aryl methyl sites for hydroxylation is 1. The minimum Gasteiger partial charge on any atom is -0.469 e. The number of unbranched alkanes of at least 4 members (excludes halogenated alkanes) is 1. The molecule has 0 saturated heterocycles. The van der Waals surface area contributed by atoms with Gasteiger partial charge in [-0.25, -0.2) is 0 Å². The van der Waals surface area contributed by atoms with Crippen LogP contribution in [0.5, 0.6) is 0 Å². The van der Waals surface area contributed by atoms with Crippen molar-refractivity contribution in [3.05, 3.63) is 34.4 Å². The van der Waals surface area contributed by atoms with Gasteiger partial charge in [-0.2, -0.15) is 0 Å². The van der Waals surface area contributed by atoms with E-state index in [1.54, 1.807) is 6.07 Å². The molecule has 1 aromatic rings. The van der Waals surface area contributed by atoms with Crippen molar-refractivity contribution in [2.45, 2.75) is 26.2 Å². The summed E-state index contributed by atoms with van der Waals surface area (Å²) in [5.74, 6) is 0.791. The first-order valence-electron chi connectivity index (χ1n) is 3.90. The average Bonchev–Trinajstić information content (AvgIpc) is 2.01. The van der Waals surface area contributed by atoms with Crippen molar-refractivity contribution in [2.75, 3.05) is 0 Å². The Hall–Kier alpha value is -1.05. The van der Waals surface area contributed by atoms with E-state index < -0.39 is 0 Å². The van der Waals surface area contributed by atoms with E-state index in [0.29, 0.717) is 0 Å². The quantitative estimate of drug-likeness (QED) is 0.663. The molecule has 0 amide bonds. The highest BCUT2D eigenvalue weighted by Crippen LogP contribution is 2.00. The monoisotopic (exact) mass is 152 g/mol. The van der Waals surface area contributed by atoms with Crippen LogP contribution in [0, 0.1) is 0 Å². The molecule has 2 heteroatoms. The molecule has 0 bridgehead atoms. The Morgan fingerprint density at radius 1 is 1.55 bits per heavy atom. The molecule has 0 N–H and O–H groups in total. The van der Waals surface area contributed by atoms with Crippen LogP contribution in [0.15, 0.2) is 27.6 Å². The molecule has 2 nitrogen and oxygen atoms in total. The zero-order chi connectivity index (χ0) is 8.10. The maximum absolute atomic E-state index is 10.8. The lowest BCUT2D eigenvalue weighted by Crippen LogP contribution is -1.97. The Labute approximate surface area is 65.9 Å². The number of rotatable bonds is 3. The number of hydrogen-bond acceptors (Lipinski definition) is 2. The van der Waals surface area contributed by atoms with Gasteiger partial charge in [-0.05, 0) is 6.42 Å². The summed E-state index contributed by atoms with van der Waals surface area (Å²) in [7, 11) is 0. The molecule has 1 heterocycles. The molecular weight excluding hydrogens is 140 g/mol. The second-order valence-electron chi connectivity index (χ2n) is 2.54. The first kappa shape index (κ1) is 8.05. The van der Waals surface area contributed by atoms with Crippen LogP contribution in [0.25, 0.3) is 0 Å². The van der Waals surface area contributed by atoms with Gasteiger partial charge in [-0.15, -0.1) is 0 Å². The van der Waals surface area contributed by atoms with Crippen LogP contribution in [0.1, 0.15) is 25.5 Å². The van der Waals surface area contributed by atoms with Gasteiger partial charge < -0.3 is 4.42 Å². The molecule has 0 aliphatic heterocycles. The smallest absolute Gasteiger partial charge is 0.185 e. The summed E-state index contributed by atoms with van der Waals surface area (Å²) < 4.78 is 5.11. The summed E-state index contributed by atoms with van der Waals surface area (Å²) in [5, 5.41) is 0. The van der Waals surface area contributed by atoms with Gasteiger partial charge >= 0.3 is 0 Å². The van der Waals surface area contributed by atoms with E-state index in [1.807, 2.05) is 0 Å². The predicted octanol–water partition coefficient (Wildman–Crippen LogP) is 1.98. The molecule has 1 rings (SSSR count). The first-order valence-corrected chi connectivity index (χ1v) is 3.90. The van der Waals surface area contributed by atoms with Crippen LogP contribution in [0.2, 0.25) is 0 Å². The maximum atomic E-state index is 10.8. The molecule has 60 valence electrons. The largest absolute Gasteiger partial charge is 0.469 e. The average molecular weight is 152 g/mol. The van der Waals surface area contributed by atoms with E-state index in [-0.39, 0.29) is 5.43 Å². The predicted molar refractivity (Wildman–Crippen MR) is 43.6 cm³/mol. The van der Waals surface area contributed by atoms with Gasteiger partial charge in [-0.1, -0.05) is 13.3 Å². The van der Waals surface area contributed by atoms with Gasteiger partial charge in [0.05, 0.1) is 6.26 Å². The van der Waals surface area contributed by atoms with Crippen LogP contribution in [0.4, 0.5) is 0 Å². The molecule has 0 radical (unpaired) electrons. The first-order chi connectivity index (χ1) is 5.33. The fourth-order valence-corrected chi connectivity index (χ4v) is 0.911. The fourth-order valence-electron chi connectivity index (χ4n) is 0.911. The molecule has 0 fully saturated rings. The highest BCUT2D eigenvalue weighted by Gasteiger charge is 1.93. The lowest BCUT2D eigenvalue weighted by molar-refractivity contribution is 0.482. The van der Waals surface area contributed by atoms with Crippen molar-refractivity contribution < 1.29 is 4.42 Å². The zero-order valence-corrected chi connectivity index (χ0v) is 6.67. The lowest BCUT2D eigenvalue weighted by Gasteiger charge is -1.95. The summed E-state index contributed by atoms with van der Waals surface area (Å²) in [6, 6.07) is 2.98. The Morgan fingerprint density at radius 2 is 2.36 bits per heavy atom. The number of hydrogen-bond donors (Lipinski definition) is 0. The molecule has 0 spiro atoms. The summed E-state index contributed by atoms with van der Waals surface area (Å²) in [6.07, 6.45) is 4.52. The highest BCUT2D eigenvalue weighted by molar-refractivity contribution is 4.99. The minimum atomic E-state index is 0.0300. The van der Waals surface area contributed by atoms with E-state index in [2.05, 4.69) is 6.92 Å². The third kappa shape index (κ3) is 2.58. The Morgan fingerprint density at radius 3 is 3.00 bits per heavy atom. The highest BCUT2D eigenvalue weighted by atomic mass is 16.3. The fraction of sp³-hybridized carbons (Fsp3) is 0.444. The van der Waals surface area contributed by atoms with E-state index in [4.69, 9.17) is 4.42 Å². The van der Waals surface area contributed by atoms with Crippen molar-refractivity contribution >= 4 is 0 Å². The van der Waals surface area contributed by atoms with Gasteiger partial charge in [0.15, 0.2) is 5.43 Å². The molecule has 0 aliphatic rings. The summed E-state index contributed by atoms with van der Waals surface area (Å²) in [6.45, 7) is 2.11. The third-order valence-corrected chi connectivity index (χ3v) is 1.53. The van der Waals surface area contributed by atoms with Crippen LogP contribution < -0.4 is 5.43 Å². The van der Waals surface area contributed by atoms with E-state index in [0.717, 1.165) is 25.0 Å². The molecule has 0 atom stereocenters. The molecular formula is C9H12O2. The minimum absolute atomic E-state index is 0.0300. The van der Waals surface area contributed by atoms with Crippen molar-refractivity contribution in [2.24, 2.45) is 0 Å². The van der Waals surface area contributed by atoms with Crippen LogP contribution >= 0.6 is 0 Å². The molecule has 1 aromatic heterocycles. The van der Waals surface area contributed by atoms with Crippen LogP contribution in [0.3, 0.4) is 0 Å². The molecule has 11 heavy (non-hydrogen) atoms. The van der Waals surface area contributed by atoms with Gasteiger partial charge in [0.2, 0.25) is 0 Å². The van der Waals surface area contributed by atoms with E-state index in [1.165, 1.54) is 12.3 Å². The zero-order valence-electron chi connectivity index (χ0n) is 6.67. The SMILES string of the molecule is CCCCc1cc(=O)cco1. The Balaban J connectivity index is 2.64. The Bertz CT molecular complexity index is 262. The van der Waals surface area contributed by atoms with Gasteiger partial charge in [0.25, 0.3) is 0 Å². The summed E-state index contributed by atoms with van der Waals surface area (Å²) >= 11 is 0. The lowest BCUT2D eigenvalue weighted by atomic mass is 10.2. The van der Waals surface area contributed by atoms with Crippen molar-refractivity contribution in [3.63, 3.8) is 0 Å². The normalized spacial score (nSPS) is 9.91. The Kier molecular flexibility index (Phi) is 2.90. The molecule has 0 unspecified atom stereocenters. The van der Waals surface area contributed by atoms with Crippen molar-refractivity contribution in [3.8, 4) is 0 Å². The van der Waals surface area contributed by atoms with Crippen LogP contribution in [-0.4, -0.2) is 0 Å². The van der Waals surface area contributed by atoms with E-state index >= 15 is 0 Å². The van der Waals surface area contributed by atoms with Crippen molar-refractivity contribution in [1.82, 2.24) is 0 Å². The maximum Gasteiger partial charge on any atom is 0.185 e. The third-order valence-electron chi connectivity index (χ3n) is 1.53. The van der Waals surface area contributed by atoms with Crippen LogP contribution in [-0.2, 0) is 6.42 Å². The summed E-state index contributed by atoms with van der Waals surface area (Å²) in [5.41, 5.74) is 0.0300. The van der Waals surface area contributed by atoms with Gasteiger partial charge in [0.1, 0.15) is 5.76 Å². The molecule has 0 aromatic carbocycles. The second-order valence-corrected chi connectivity index (χ2v) is 2.54. The van der Waals surface area contributed by atoms with Gasteiger partial charge in [-0.3, -0.25) is 4.79 Å². The summed E-state index contributed by atoms with van der Waals surface area (Å²) in [4.78, 5) is 10.8.